The van der Waals surface area contributed by atoms with Crippen LogP contribution < -0.4 is 4.74 Å². The molecule has 0 bridgehead atoms. The summed E-state index contributed by atoms with van der Waals surface area (Å²) in [6.45, 7) is 2.14. The van der Waals surface area contributed by atoms with E-state index in [2.05, 4.69) is 9.97 Å². The fourth-order valence-electron chi connectivity index (χ4n) is 2.95. The van der Waals surface area contributed by atoms with Crippen LogP contribution in [0.1, 0.15) is 11.1 Å². The molecule has 0 unspecified atom stereocenters. The molecule has 0 N–H and O–H groups in total. The van der Waals surface area contributed by atoms with Gasteiger partial charge in [-0.2, -0.15) is 0 Å². The Morgan fingerprint density at radius 3 is 2.89 bits per heavy atom. The lowest BCUT2D eigenvalue weighted by atomic mass is 10.1. The number of hydrogen-bond donors (Lipinski definition) is 0. The third kappa shape index (κ3) is 3.66. The fraction of sp³-hybridized carbons (Fsp3) is 0.190. The third-order valence-electron chi connectivity index (χ3n) is 4.28. The van der Waals surface area contributed by atoms with Crippen LogP contribution in [-0.4, -0.2) is 28.8 Å². The molecule has 0 fully saturated rings. The average molecular weight is 394 g/mol. The van der Waals surface area contributed by atoms with Gasteiger partial charge >= 0.3 is 5.97 Å². The van der Waals surface area contributed by atoms with Crippen LogP contribution in [-0.2, 0) is 16.1 Å². The zero-order valence-corrected chi connectivity index (χ0v) is 16.3. The van der Waals surface area contributed by atoms with Crippen molar-refractivity contribution < 1.29 is 18.7 Å². The summed E-state index contributed by atoms with van der Waals surface area (Å²) >= 11 is 1.27. The van der Waals surface area contributed by atoms with Gasteiger partial charge in [0.25, 0.3) is 0 Å². The second-order valence-electron chi connectivity index (χ2n) is 6.22. The van der Waals surface area contributed by atoms with Crippen molar-refractivity contribution in [1.29, 1.82) is 0 Å². The largest absolute Gasteiger partial charge is 0.496 e. The van der Waals surface area contributed by atoms with E-state index >= 15 is 0 Å². The first-order valence-electron chi connectivity index (χ1n) is 8.70. The molecule has 6 nitrogen and oxygen atoms in total. The SMILES string of the molecule is COc1ccc(C)cc1COC(=O)CSc1ncnc2c1oc1ccccc12. The maximum absolute atomic E-state index is 12.2. The number of nitrogens with zero attached hydrogens (tertiary/aromatic N) is 2. The Morgan fingerprint density at radius 2 is 2.04 bits per heavy atom. The van der Waals surface area contributed by atoms with E-state index in [9.17, 15) is 4.79 Å². The molecule has 2 heterocycles. The molecule has 0 saturated heterocycles. The van der Waals surface area contributed by atoms with E-state index in [-0.39, 0.29) is 18.3 Å². The maximum atomic E-state index is 12.2. The first-order chi connectivity index (χ1) is 13.7. The molecule has 0 aliphatic heterocycles. The highest BCUT2D eigenvalue weighted by molar-refractivity contribution is 8.00. The van der Waals surface area contributed by atoms with E-state index in [0.29, 0.717) is 16.4 Å². The van der Waals surface area contributed by atoms with E-state index < -0.39 is 0 Å². The van der Waals surface area contributed by atoms with Gasteiger partial charge < -0.3 is 13.9 Å². The summed E-state index contributed by atoms with van der Waals surface area (Å²) in [5, 5.41) is 1.54. The molecule has 2 aromatic heterocycles. The molecule has 0 aliphatic rings. The van der Waals surface area contributed by atoms with Gasteiger partial charge in [-0.1, -0.05) is 35.5 Å². The summed E-state index contributed by atoms with van der Waals surface area (Å²) in [4.78, 5) is 20.8. The molecule has 0 atom stereocenters. The maximum Gasteiger partial charge on any atom is 0.316 e. The smallest absolute Gasteiger partial charge is 0.316 e. The molecule has 2 aromatic carbocycles. The highest BCUT2D eigenvalue weighted by Crippen LogP contribution is 2.32. The Bertz CT molecular complexity index is 1160. The third-order valence-corrected chi connectivity index (χ3v) is 5.22. The van der Waals surface area contributed by atoms with Crippen LogP contribution in [0.3, 0.4) is 0 Å². The van der Waals surface area contributed by atoms with Gasteiger partial charge in [-0.25, -0.2) is 9.97 Å². The minimum absolute atomic E-state index is 0.122. The van der Waals surface area contributed by atoms with Gasteiger partial charge in [0, 0.05) is 10.9 Å². The molecule has 142 valence electrons. The van der Waals surface area contributed by atoms with Crippen molar-refractivity contribution in [2.75, 3.05) is 12.9 Å². The van der Waals surface area contributed by atoms with Gasteiger partial charge in [-0.05, 0) is 31.2 Å². The molecule has 0 aliphatic carbocycles. The number of ether oxygens (including phenoxy) is 2. The lowest BCUT2D eigenvalue weighted by molar-refractivity contribution is -0.141. The Morgan fingerprint density at radius 1 is 1.18 bits per heavy atom. The number of benzene rings is 2. The number of esters is 1. The summed E-state index contributed by atoms with van der Waals surface area (Å²) in [5.74, 6) is 0.486. The Kier molecular flexibility index (Phi) is 5.16. The van der Waals surface area contributed by atoms with Crippen molar-refractivity contribution in [3.05, 3.63) is 59.9 Å². The Balaban J connectivity index is 1.45. The molecule has 0 amide bonds. The quantitative estimate of drug-likeness (QED) is 0.270. The van der Waals surface area contributed by atoms with E-state index in [1.807, 2.05) is 49.4 Å². The highest BCUT2D eigenvalue weighted by Gasteiger charge is 2.15. The zero-order valence-electron chi connectivity index (χ0n) is 15.5. The van der Waals surface area contributed by atoms with Crippen molar-refractivity contribution in [1.82, 2.24) is 9.97 Å². The lowest BCUT2D eigenvalue weighted by Gasteiger charge is -2.10. The van der Waals surface area contributed by atoms with Crippen LogP contribution in [0, 0.1) is 6.92 Å². The van der Waals surface area contributed by atoms with Gasteiger partial charge in [-0.3, -0.25) is 4.79 Å². The molecule has 28 heavy (non-hydrogen) atoms. The standard InChI is InChI=1S/C21H18N2O4S/c1-13-7-8-16(25-2)14(9-13)10-26-18(24)11-28-21-20-19(22-12-23-21)15-5-3-4-6-17(15)27-20/h3-9,12H,10-11H2,1-2H3. The number of para-hydroxylation sites is 1. The Hall–Kier alpha value is -3.06. The fourth-order valence-corrected chi connectivity index (χ4v) is 3.68. The van der Waals surface area contributed by atoms with E-state index in [0.717, 1.165) is 27.6 Å². The average Bonchev–Trinajstić information content (AvgIpc) is 3.10. The second-order valence-corrected chi connectivity index (χ2v) is 7.18. The van der Waals surface area contributed by atoms with Gasteiger partial charge in [0.05, 0.1) is 12.9 Å². The van der Waals surface area contributed by atoms with Crippen molar-refractivity contribution in [2.24, 2.45) is 0 Å². The first kappa shape index (κ1) is 18.3. The molecule has 7 heteroatoms. The number of furan rings is 1. The van der Waals surface area contributed by atoms with Crippen LogP contribution in [0.5, 0.6) is 5.75 Å². The number of carbonyl (C=O) groups excluding carboxylic acids is 1. The first-order valence-corrected chi connectivity index (χ1v) is 9.68. The Labute approximate surface area is 165 Å². The monoisotopic (exact) mass is 394 g/mol. The van der Waals surface area contributed by atoms with Crippen LogP contribution in [0.15, 0.2) is 58.2 Å². The van der Waals surface area contributed by atoms with Gasteiger partial charge in [0.1, 0.15) is 34.8 Å². The molecule has 0 spiro atoms. The minimum atomic E-state index is -0.337. The van der Waals surface area contributed by atoms with Crippen molar-refractivity contribution in [2.45, 2.75) is 18.6 Å². The summed E-state index contributed by atoms with van der Waals surface area (Å²) < 4.78 is 16.6. The summed E-state index contributed by atoms with van der Waals surface area (Å²) in [6.07, 6.45) is 1.48. The molecule has 4 aromatic rings. The summed E-state index contributed by atoms with van der Waals surface area (Å²) in [7, 11) is 1.60. The van der Waals surface area contributed by atoms with Gasteiger partial charge in [0.2, 0.25) is 0 Å². The predicted molar refractivity (Wildman–Crippen MR) is 108 cm³/mol. The van der Waals surface area contributed by atoms with Gasteiger partial charge in [-0.15, -0.1) is 0 Å². The number of rotatable bonds is 6. The number of methoxy groups -OCH3 is 1. The van der Waals surface area contributed by atoms with Crippen LogP contribution in [0.4, 0.5) is 0 Å². The summed E-state index contributed by atoms with van der Waals surface area (Å²) in [5.41, 5.74) is 3.99. The minimum Gasteiger partial charge on any atom is -0.496 e. The normalized spacial score (nSPS) is 11.1. The zero-order chi connectivity index (χ0) is 19.5. The van der Waals surface area contributed by atoms with Crippen LogP contribution >= 0.6 is 11.8 Å². The van der Waals surface area contributed by atoms with Gasteiger partial charge in [0.15, 0.2) is 5.58 Å². The number of carbonyl (C=O) groups is 1. The topological polar surface area (TPSA) is 74.5 Å². The number of fused-ring (bicyclic) bond motifs is 3. The highest BCUT2D eigenvalue weighted by atomic mass is 32.2. The number of aromatic nitrogens is 2. The second kappa shape index (κ2) is 7.90. The summed E-state index contributed by atoms with van der Waals surface area (Å²) in [6, 6.07) is 13.4. The molecular formula is C21H18N2O4S. The van der Waals surface area contributed by atoms with Crippen molar-refractivity contribution >= 4 is 39.8 Å². The van der Waals surface area contributed by atoms with Crippen LogP contribution in [0.25, 0.3) is 22.1 Å². The number of thioether (sulfide) groups is 1. The van der Waals surface area contributed by atoms with Crippen LogP contribution in [0.2, 0.25) is 0 Å². The number of hydrogen-bond acceptors (Lipinski definition) is 7. The van der Waals surface area contributed by atoms with Crippen molar-refractivity contribution in [3.63, 3.8) is 0 Å². The molecular weight excluding hydrogens is 376 g/mol. The molecule has 4 rings (SSSR count). The molecule has 0 radical (unpaired) electrons. The lowest BCUT2D eigenvalue weighted by Crippen LogP contribution is -2.08. The van der Waals surface area contributed by atoms with E-state index in [1.165, 1.54) is 18.1 Å². The van der Waals surface area contributed by atoms with E-state index in [4.69, 9.17) is 13.9 Å². The molecule has 0 saturated carbocycles. The predicted octanol–water partition coefficient (Wildman–Crippen LogP) is 4.53. The van der Waals surface area contributed by atoms with Crippen molar-refractivity contribution in [3.8, 4) is 5.75 Å². The van der Waals surface area contributed by atoms with E-state index in [1.54, 1.807) is 7.11 Å². The number of aryl methyl sites for hydroxylation is 1.